The first-order valence-electron chi connectivity index (χ1n) is 5.43. The Bertz CT molecular complexity index is 621. The third kappa shape index (κ3) is 5.04. The fourth-order valence-electron chi connectivity index (χ4n) is 1.51. The molecule has 1 atom stereocenters. The largest absolute Gasteiger partial charge is 0.397 e. The van der Waals surface area contributed by atoms with E-state index in [0.29, 0.717) is 4.71 Å². The molecule has 1 unspecified atom stereocenters. The van der Waals surface area contributed by atoms with Crippen LogP contribution in [0, 0.1) is 10.1 Å². The lowest BCUT2D eigenvalue weighted by molar-refractivity contribution is -0.385. The zero-order valence-electron chi connectivity index (χ0n) is 11.4. The van der Waals surface area contributed by atoms with Crippen molar-refractivity contribution in [2.45, 2.75) is 9.60 Å². The van der Waals surface area contributed by atoms with Crippen LogP contribution in [0.1, 0.15) is 0 Å². The first kappa shape index (κ1) is 18.0. The number of anilines is 1. The number of benzene rings is 1. The van der Waals surface area contributed by atoms with Crippen LogP contribution in [0.15, 0.2) is 23.1 Å². The molecule has 0 aliphatic carbocycles. The normalized spacial score (nSPS) is 17.0. The highest BCUT2D eigenvalue weighted by Crippen LogP contribution is 2.47. The second-order valence-electron chi connectivity index (χ2n) is 3.78. The van der Waals surface area contributed by atoms with Gasteiger partial charge in [0.1, 0.15) is 4.71 Å². The smallest absolute Gasteiger partial charge is 0.353 e. The Hall–Kier alpha value is -1.01. The van der Waals surface area contributed by atoms with Crippen LogP contribution in [0.3, 0.4) is 0 Å². The molecule has 1 aliphatic rings. The van der Waals surface area contributed by atoms with Crippen molar-refractivity contribution in [1.82, 2.24) is 0 Å². The predicted octanol–water partition coefficient (Wildman–Crippen LogP) is 2.22. The maximum atomic E-state index is 10.6. The molecule has 0 saturated heterocycles. The number of non-ortho nitro benzene ring substituents is 1. The van der Waals surface area contributed by atoms with E-state index in [-0.39, 0.29) is 10.6 Å². The molecule has 0 spiro atoms. The fraction of sp³-hybridized carbons (Fsp3) is 0.400. The highest BCUT2D eigenvalue weighted by Gasteiger charge is 2.27. The molecule has 1 N–H and O–H groups in total. The molecule has 21 heavy (non-hydrogen) atoms. The molecule has 0 fully saturated rings. The highest BCUT2D eigenvalue weighted by atomic mass is 32.3. The van der Waals surface area contributed by atoms with E-state index in [9.17, 15) is 18.5 Å². The minimum absolute atomic E-state index is 0.163. The summed E-state index contributed by atoms with van der Waals surface area (Å²) in [4.78, 5) is 13.4. The van der Waals surface area contributed by atoms with Gasteiger partial charge in [-0.25, -0.2) is 0 Å². The molecule has 1 heterocycles. The number of rotatable bonds is 3. The standard InChI is InChI=1S/C9H10N2O2S2.CH4O4S/c1-10-7-4-3-6(11(12)13)5-8(7)15-9(10)14-2;1-5-6(2,3)4/h3-5,9H,1-2H3;1H3,(H,2,3,4). The summed E-state index contributed by atoms with van der Waals surface area (Å²) in [5.74, 6) is 0. The monoisotopic (exact) mass is 354 g/mol. The van der Waals surface area contributed by atoms with Gasteiger partial charge in [0, 0.05) is 24.1 Å². The Balaban J connectivity index is 0.000000315. The van der Waals surface area contributed by atoms with Crippen LogP contribution in [0.25, 0.3) is 0 Å². The highest BCUT2D eigenvalue weighted by molar-refractivity contribution is 8.17. The van der Waals surface area contributed by atoms with Crippen LogP contribution in [0.5, 0.6) is 0 Å². The molecule has 1 aromatic carbocycles. The van der Waals surface area contributed by atoms with Gasteiger partial charge in [-0.15, -0.1) is 11.8 Å². The minimum atomic E-state index is -4.16. The predicted molar refractivity (Wildman–Crippen MR) is 83.2 cm³/mol. The van der Waals surface area contributed by atoms with Crippen molar-refractivity contribution in [3.63, 3.8) is 0 Å². The Morgan fingerprint density at radius 1 is 1.52 bits per heavy atom. The van der Waals surface area contributed by atoms with Gasteiger partial charge in [0.15, 0.2) is 0 Å². The molecule has 1 aliphatic heterocycles. The number of hydrogen-bond donors (Lipinski definition) is 1. The summed E-state index contributed by atoms with van der Waals surface area (Å²) in [5, 5.41) is 10.6. The average Bonchev–Trinajstić information content (AvgIpc) is 2.74. The number of hydrogen-bond acceptors (Lipinski definition) is 8. The zero-order chi connectivity index (χ0) is 16.2. The van der Waals surface area contributed by atoms with Gasteiger partial charge in [-0.1, -0.05) is 11.8 Å². The van der Waals surface area contributed by atoms with Crippen molar-refractivity contribution in [1.29, 1.82) is 0 Å². The third-order valence-corrected chi connectivity index (χ3v) is 5.60. The molecule has 0 saturated carbocycles. The number of thioether (sulfide) groups is 2. The molecule has 0 amide bonds. The molecule has 118 valence electrons. The van der Waals surface area contributed by atoms with E-state index in [0.717, 1.165) is 17.7 Å². The lowest BCUT2D eigenvalue weighted by Gasteiger charge is -2.18. The second-order valence-corrected chi connectivity index (χ2v) is 7.30. The van der Waals surface area contributed by atoms with Crippen molar-refractivity contribution < 1.29 is 22.1 Å². The topological polar surface area (TPSA) is 110 Å². The van der Waals surface area contributed by atoms with Gasteiger partial charge in [-0.2, -0.15) is 8.42 Å². The summed E-state index contributed by atoms with van der Waals surface area (Å²) in [6.45, 7) is 0. The van der Waals surface area contributed by atoms with Crippen LogP contribution in [-0.4, -0.2) is 43.0 Å². The SMILES string of the molecule is COS(=O)(=O)O.CSC1Sc2cc([N+](=O)[O-])ccc2N1C. The Labute approximate surface area is 131 Å². The summed E-state index contributed by atoms with van der Waals surface area (Å²) in [5.41, 5.74) is 1.24. The summed E-state index contributed by atoms with van der Waals surface area (Å²) >= 11 is 3.39. The second kappa shape index (κ2) is 7.31. The van der Waals surface area contributed by atoms with E-state index in [1.807, 2.05) is 19.4 Å². The molecule has 2 rings (SSSR count). The number of fused-ring (bicyclic) bond motifs is 1. The summed E-state index contributed by atoms with van der Waals surface area (Å²) in [6.07, 6.45) is 2.04. The van der Waals surface area contributed by atoms with Crippen LogP contribution < -0.4 is 4.90 Å². The Kier molecular flexibility index (Phi) is 6.28. The van der Waals surface area contributed by atoms with Crippen molar-refractivity contribution in [2.75, 3.05) is 25.3 Å². The summed E-state index contributed by atoms with van der Waals surface area (Å²) < 4.78 is 30.0. The maximum absolute atomic E-state index is 10.6. The first-order chi connectivity index (χ1) is 9.69. The van der Waals surface area contributed by atoms with Gasteiger partial charge in [0.25, 0.3) is 5.69 Å². The van der Waals surface area contributed by atoms with E-state index in [2.05, 4.69) is 9.08 Å². The molecular weight excluding hydrogens is 340 g/mol. The Morgan fingerprint density at radius 2 is 2.10 bits per heavy atom. The molecule has 8 nitrogen and oxygen atoms in total. The molecule has 1 aromatic rings. The summed E-state index contributed by atoms with van der Waals surface area (Å²) in [7, 11) is -1.29. The van der Waals surface area contributed by atoms with Gasteiger partial charge in [0.05, 0.1) is 17.7 Å². The van der Waals surface area contributed by atoms with Crippen molar-refractivity contribution in [3.8, 4) is 0 Å². The average molecular weight is 354 g/mol. The van der Waals surface area contributed by atoms with Gasteiger partial charge in [-0.3, -0.25) is 18.9 Å². The van der Waals surface area contributed by atoms with Gasteiger partial charge >= 0.3 is 10.4 Å². The lowest BCUT2D eigenvalue weighted by Crippen LogP contribution is -2.20. The van der Waals surface area contributed by atoms with E-state index < -0.39 is 10.4 Å². The van der Waals surface area contributed by atoms with Crippen molar-refractivity contribution >= 4 is 45.3 Å². The van der Waals surface area contributed by atoms with E-state index in [1.54, 1.807) is 35.7 Å². The Morgan fingerprint density at radius 3 is 2.52 bits per heavy atom. The van der Waals surface area contributed by atoms with Gasteiger partial charge in [-0.05, 0) is 12.3 Å². The molecule has 0 aromatic heterocycles. The van der Waals surface area contributed by atoms with Crippen LogP contribution in [0.2, 0.25) is 0 Å². The quantitative estimate of drug-likeness (QED) is 0.496. The van der Waals surface area contributed by atoms with Gasteiger partial charge < -0.3 is 4.90 Å². The summed E-state index contributed by atoms with van der Waals surface area (Å²) in [6, 6.07) is 5.02. The molecular formula is C10H14N2O6S3. The fourth-order valence-corrected chi connectivity index (χ4v) is 3.65. The van der Waals surface area contributed by atoms with Crippen molar-refractivity contribution in [3.05, 3.63) is 28.3 Å². The molecule has 0 radical (unpaired) electrons. The van der Waals surface area contributed by atoms with Crippen LogP contribution >= 0.6 is 23.5 Å². The number of nitrogens with zero attached hydrogens (tertiary/aromatic N) is 2. The molecule has 0 bridgehead atoms. The third-order valence-electron chi connectivity index (χ3n) is 2.49. The lowest BCUT2D eigenvalue weighted by atomic mass is 10.3. The van der Waals surface area contributed by atoms with E-state index >= 15 is 0 Å². The number of nitro groups is 1. The van der Waals surface area contributed by atoms with E-state index in [4.69, 9.17) is 4.55 Å². The first-order valence-corrected chi connectivity index (χ1v) is 8.96. The van der Waals surface area contributed by atoms with E-state index in [1.165, 1.54) is 0 Å². The minimum Gasteiger partial charge on any atom is -0.353 e. The number of nitro benzene ring substituents is 1. The van der Waals surface area contributed by atoms with Crippen LogP contribution in [-0.2, 0) is 14.6 Å². The van der Waals surface area contributed by atoms with Crippen LogP contribution in [0.4, 0.5) is 11.4 Å². The van der Waals surface area contributed by atoms with Gasteiger partial charge in [0.2, 0.25) is 0 Å². The van der Waals surface area contributed by atoms with Crippen molar-refractivity contribution in [2.24, 2.45) is 0 Å². The molecule has 11 heteroatoms. The maximum Gasteiger partial charge on any atom is 0.397 e. The zero-order valence-corrected chi connectivity index (χ0v) is 13.9.